The molecule has 2 aliphatic rings. The summed E-state index contributed by atoms with van der Waals surface area (Å²) in [7, 11) is 3.30. The van der Waals surface area contributed by atoms with Crippen molar-refractivity contribution in [2.24, 2.45) is 11.8 Å². The Labute approximate surface area is 204 Å². The van der Waals surface area contributed by atoms with Gasteiger partial charge in [-0.05, 0) is 48.9 Å². The normalized spacial score (nSPS) is 18.4. The molecule has 0 N–H and O–H groups in total. The van der Waals surface area contributed by atoms with Crippen LogP contribution in [-0.4, -0.2) is 44.8 Å². The van der Waals surface area contributed by atoms with E-state index in [0.29, 0.717) is 43.7 Å². The third-order valence-corrected chi connectivity index (χ3v) is 6.80. The molecule has 1 saturated heterocycles. The van der Waals surface area contributed by atoms with Gasteiger partial charge in [0.05, 0.1) is 27.4 Å². The summed E-state index contributed by atoms with van der Waals surface area (Å²) in [5.41, 5.74) is 1.81. The van der Waals surface area contributed by atoms with Crippen molar-refractivity contribution in [2.45, 2.75) is 39.2 Å². The first kappa shape index (κ1) is 23.7. The lowest BCUT2D eigenvalue weighted by Crippen LogP contribution is -2.52. The smallest absolute Gasteiger partial charge is 0.324 e. The number of rotatable bonds is 10. The fourth-order valence-corrected chi connectivity index (χ4v) is 4.72. The molecule has 178 valence electrons. The van der Waals surface area contributed by atoms with Gasteiger partial charge in [0.1, 0.15) is 5.75 Å². The first-order valence-corrected chi connectivity index (χ1v) is 12.5. The molecule has 2 fully saturated rings. The number of urea groups is 1. The molecule has 0 spiro atoms. The minimum atomic E-state index is -0.0112. The van der Waals surface area contributed by atoms with E-state index in [9.17, 15) is 4.79 Å². The summed E-state index contributed by atoms with van der Waals surface area (Å²) >= 11 is 3.48. The van der Waals surface area contributed by atoms with E-state index >= 15 is 0 Å². The van der Waals surface area contributed by atoms with Crippen LogP contribution in [-0.2, 0) is 6.54 Å². The number of nitrogens with zero attached hydrogens (tertiary/aromatic N) is 2. The van der Waals surface area contributed by atoms with Crippen molar-refractivity contribution in [2.75, 3.05) is 38.8 Å². The number of carbonyl (C=O) groups is 1. The average molecular weight is 517 g/mol. The van der Waals surface area contributed by atoms with Crippen LogP contribution in [0.5, 0.6) is 17.2 Å². The lowest BCUT2D eigenvalue weighted by molar-refractivity contribution is 0.178. The Morgan fingerprint density at radius 1 is 1.00 bits per heavy atom. The van der Waals surface area contributed by atoms with Crippen LogP contribution in [0.4, 0.5) is 10.5 Å². The fourth-order valence-electron chi connectivity index (χ4n) is 4.38. The lowest BCUT2D eigenvalue weighted by Gasteiger charge is -2.39. The molecule has 1 atom stereocenters. The number of anilines is 1. The maximum absolute atomic E-state index is 13.5. The molecule has 6 nitrogen and oxygen atoms in total. The number of ether oxygens (including phenoxy) is 3. The van der Waals surface area contributed by atoms with Gasteiger partial charge in [0.25, 0.3) is 0 Å². The third kappa shape index (κ3) is 5.94. The average Bonchev–Trinajstić information content (AvgIpc) is 3.64. The van der Waals surface area contributed by atoms with Gasteiger partial charge in [-0.3, -0.25) is 4.90 Å². The van der Waals surface area contributed by atoms with Crippen molar-refractivity contribution in [3.63, 3.8) is 0 Å². The summed E-state index contributed by atoms with van der Waals surface area (Å²) in [5.74, 6) is 3.38. The second-order valence-corrected chi connectivity index (χ2v) is 10.0. The summed E-state index contributed by atoms with van der Waals surface area (Å²) in [5, 5.41) is 0. The van der Waals surface area contributed by atoms with Crippen LogP contribution in [0.2, 0.25) is 0 Å². The van der Waals surface area contributed by atoms with E-state index in [1.165, 1.54) is 19.3 Å². The van der Waals surface area contributed by atoms with E-state index in [0.717, 1.165) is 33.8 Å². The molecule has 1 heterocycles. The number of benzene rings is 2. The van der Waals surface area contributed by atoms with Gasteiger partial charge in [-0.2, -0.15) is 0 Å². The molecule has 4 rings (SSSR count). The van der Waals surface area contributed by atoms with Gasteiger partial charge in [0.15, 0.2) is 11.5 Å². The van der Waals surface area contributed by atoms with Gasteiger partial charge >= 0.3 is 6.03 Å². The summed E-state index contributed by atoms with van der Waals surface area (Å²) in [6.07, 6.45) is 4.98. The Kier molecular flexibility index (Phi) is 7.68. The van der Waals surface area contributed by atoms with E-state index in [1.54, 1.807) is 14.2 Å². The molecular formula is C26H33BrN2O4. The highest BCUT2D eigenvalue weighted by Gasteiger charge is 2.32. The number of hydrogen-bond acceptors (Lipinski definition) is 4. The second kappa shape index (κ2) is 10.7. The lowest BCUT2D eigenvalue weighted by atomic mass is 10.1. The standard InChI is InChI=1S/C26H33BrN2O4/c1-18-15-28(17-20-8-9-21(27)13-24(20)32-3)26(30)29(16-18)22-10-11-23(31-2)25(14-22)33-12-4-5-19-6-7-19/h8-11,13-14,18-19H,4-7,12,15-17H2,1-3H3. The number of hydrogen-bond donors (Lipinski definition) is 0. The van der Waals surface area contributed by atoms with Crippen LogP contribution in [0, 0.1) is 11.8 Å². The van der Waals surface area contributed by atoms with Gasteiger partial charge in [-0.1, -0.05) is 41.8 Å². The number of methoxy groups -OCH3 is 2. The zero-order chi connectivity index (χ0) is 23.4. The molecule has 2 aromatic carbocycles. The quantitative estimate of drug-likeness (QED) is 0.357. The molecule has 1 saturated carbocycles. The summed E-state index contributed by atoms with van der Waals surface area (Å²) in [6, 6.07) is 11.7. The van der Waals surface area contributed by atoms with Gasteiger partial charge < -0.3 is 19.1 Å². The largest absolute Gasteiger partial charge is 0.496 e. The van der Waals surface area contributed by atoms with Crippen molar-refractivity contribution in [3.05, 3.63) is 46.4 Å². The van der Waals surface area contributed by atoms with Crippen LogP contribution >= 0.6 is 15.9 Å². The number of amides is 2. The molecular weight excluding hydrogens is 484 g/mol. The van der Waals surface area contributed by atoms with Crippen molar-refractivity contribution in [1.29, 1.82) is 0 Å². The summed E-state index contributed by atoms with van der Waals surface area (Å²) < 4.78 is 18.1. The Balaban J connectivity index is 1.50. The first-order chi connectivity index (χ1) is 16.0. The SMILES string of the molecule is COc1cc(Br)ccc1CN1CC(C)CN(c2ccc(OC)c(OCCCC3CC3)c2)C1=O. The fraction of sp³-hybridized carbons (Fsp3) is 0.500. The molecule has 0 aromatic heterocycles. The highest BCUT2D eigenvalue weighted by molar-refractivity contribution is 9.10. The highest BCUT2D eigenvalue weighted by atomic mass is 79.9. The molecule has 1 aliphatic heterocycles. The van der Waals surface area contributed by atoms with Crippen molar-refractivity contribution in [3.8, 4) is 17.2 Å². The Morgan fingerprint density at radius 3 is 2.52 bits per heavy atom. The Morgan fingerprint density at radius 2 is 1.79 bits per heavy atom. The van der Waals surface area contributed by atoms with E-state index < -0.39 is 0 Å². The first-order valence-electron chi connectivity index (χ1n) is 11.7. The molecule has 2 aromatic rings. The molecule has 0 bridgehead atoms. The van der Waals surface area contributed by atoms with Gasteiger partial charge in [-0.15, -0.1) is 0 Å². The second-order valence-electron chi connectivity index (χ2n) is 9.10. The Hall–Kier alpha value is -2.41. The van der Waals surface area contributed by atoms with Crippen molar-refractivity contribution < 1.29 is 19.0 Å². The van der Waals surface area contributed by atoms with Crippen LogP contribution in [0.15, 0.2) is 40.9 Å². The van der Waals surface area contributed by atoms with Crippen LogP contribution in [0.3, 0.4) is 0 Å². The molecule has 2 amide bonds. The van der Waals surface area contributed by atoms with Crippen molar-refractivity contribution in [1.82, 2.24) is 4.90 Å². The van der Waals surface area contributed by atoms with E-state index in [2.05, 4.69) is 22.9 Å². The van der Waals surface area contributed by atoms with Gasteiger partial charge in [0.2, 0.25) is 0 Å². The Bertz CT molecular complexity index is 979. The minimum Gasteiger partial charge on any atom is -0.496 e. The van der Waals surface area contributed by atoms with Crippen LogP contribution in [0.25, 0.3) is 0 Å². The molecule has 1 unspecified atom stereocenters. The molecule has 0 radical (unpaired) electrons. The summed E-state index contributed by atoms with van der Waals surface area (Å²) in [6.45, 7) is 4.70. The predicted molar refractivity (Wildman–Crippen MR) is 133 cm³/mol. The number of halogens is 1. The predicted octanol–water partition coefficient (Wildman–Crippen LogP) is 6.11. The van der Waals surface area contributed by atoms with E-state index in [-0.39, 0.29) is 6.03 Å². The van der Waals surface area contributed by atoms with Crippen LogP contribution < -0.4 is 19.1 Å². The summed E-state index contributed by atoms with van der Waals surface area (Å²) in [4.78, 5) is 17.2. The zero-order valence-electron chi connectivity index (χ0n) is 19.7. The monoisotopic (exact) mass is 516 g/mol. The van der Waals surface area contributed by atoms with Gasteiger partial charge in [-0.25, -0.2) is 4.79 Å². The molecule has 1 aliphatic carbocycles. The van der Waals surface area contributed by atoms with Crippen LogP contribution in [0.1, 0.15) is 38.2 Å². The van der Waals surface area contributed by atoms with Crippen molar-refractivity contribution >= 4 is 27.6 Å². The third-order valence-electron chi connectivity index (χ3n) is 6.31. The topological polar surface area (TPSA) is 51.2 Å². The maximum Gasteiger partial charge on any atom is 0.324 e. The zero-order valence-corrected chi connectivity index (χ0v) is 21.3. The maximum atomic E-state index is 13.5. The highest BCUT2D eigenvalue weighted by Crippen LogP contribution is 2.36. The minimum absolute atomic E-state index is 0.0112. The van der Waals surface area contributed by atoms with Gasteiger partial charge in [0, 0.05) is 34.9 Å². The molecule has 33 heavy (non-hydrogen) atoms. The van der Waals surface area contributed by atoms with E-state index in [1.807, 2.05) is 46.2 Å². The van der Waals surface area contributed by atoms with E-state index in [4.69, 9.17) is 14.2 Å². The number of carbonyl (C=O) groups excluding carboxylic acids is 1. The molecule has 7 heteroatoms.